The van der Waals surface area contributed by atoms with Crippen LogP contribution in [0.4, 0.5) is 0 Å². The van der Waals surface area contributed by atoms with Crippen molar-refractivity contribution < 1.29 is 9.15 Å². The summed E-state index contributed by atoms with van der Waals surface area (Å²) in [6.07, 6.45) is 0. The number of ether oxygens (including phenoxy) is 1. The van der Waals surface area contributed by atoms with Crippen molar-refractivity contribution in [1.29, 1.82) is 0 Å². The molecule has 3 aromatic rings. The third-order valence-electron chi connectivity index (χ3n) is 3.18. The molecule has 3 rings (SSSR count). The molecule has 1 aromatic carbocycles. The van der Waals surface area contributed by atoms with Gasteiger partial charge < -0.3 is 13.7 Å². The van der Waals surface area contributed by atoms with Crippen molar-refractivity contribution >= 4 is 11.8 Å². The average molecular weight is 317 g/mol. The lowest BCUT2D eigenvalue weighted by Gasteiger charge is -1.99. The van der Waals surface area contributed by atoms with E-state index in [1.807, 2.05) is 42.8 Å². The topological polar surface area (TPSA) is 78.9 Å². The molecule has 0 aliphatic carbocycles. The van der Waals surface area contributed by atoms with E-state index in [1.54, 1.807) is 7.11 Å². The SMILES string of the molecule is COc1ccc(-c2nnc(CSc3nnc(C)n3C)o2)cc1. The lowest BCUT2D eigenvalue weighted by Crippen LogP contribution is -1.93. The van der Waals surface area contributed by atoms with E-state index >= 15 is 0 Å². The van der Waals surface area contributed by atoms with Crippen molar-refractivity contribution in [3.05, 3.63) is 36.0 Å². The fraction of sp³-hybridized carbons (Fsp3) is 0.286. The lowest BCUT2D eigenvalue weighted by atomic mass is 10.2. The molecule has 0 atom stereocenters. The van der Waals surface area contributed by atoms with Crippen molar-refractivity contribution in [3.8, 4) is 17.2 Å². The van der Waals surface area contributed by atoms with E-state index in [0.717, 1.165) is 22.3 Å². The first-order chi connectivity index (χ1) is 10.7. The van der Waals surface area contributed by atoms with Gasteiger partial charge in [-0.3, -0.25) is 0 Å². The van der Waals surface area contributed by atoms with Gasteiger partial charge in [-0.1, -0.05) is 11.8 Å². The fourth-order valence-electron chi connectivity index (χ4n) is 1.80. The maximum absolute atomic E-state index is 5.67. The third-order valence-corrected chi connectivity index (χ3v) is 4.19. The highest BCUT2D eigenvalue weighted by molar-refractivity contribution is 7.98. The maximum Gasteiger partial charge on any atom is 0.247 e. The van der Waals surface area contributed by atoms with E-state index in [1.165, 1.54) is 11.8 Å². The molecule has 0 saturated carbocycles. The Morgan fingerprint density at radius 2 is 1.91 bits per heavy atom. The van der Waals surface area contributed by atoms with Gasteiger partial charge in [0.2, 0.25) is 11.8 Å². The molecule has 0 N–H and O–H groups in total. The van der Waals surface area contributed by atoms with E-state index < -0.39 is 0 Å². The van der Waals surface area contributed by atoms with Gasteiger partial charge >= 0.3 is 0 Å². The summed E-state index contributed by atoms with van der Waals surface area (Å²) >= 11 is 1.51. The molecule has 114 valence electrons. The van der Waals surface area contributed by atoms with Crippen LogP contribution in [-0.2, 0) is 12.8 Å². The molecule has 22 heavy (non-hydrogen) atoms. The molecule has 0 radical (unpaired) electrons. The number of methoxy groups -OCH3 is 1. The number of hydrogen-bond donors (Lipinski definition) is 0. The van der Waals surface area contributed by atoms with Gasteiger partial charge in [-0.25, -0.2) is 0 Å². The van der Waals surface area contributed by atoms with Crippen molar-refractivity contribution in [2.24, 2.45) is 7.05 Å². The van der Waals surface area contributed by atoms with Crippen LogP contribution in [0.3, 0.4) is 0 Å². The Bertz CT molecular complexity index is 766. The Balaban J connectivity index is 1.69. The Kier molecular flexibility index (Phi) is 4.10. The molecule has 0 amide bonds. The summed E-state index contributed by atoms with van der Waals surface area (Å²) in [6, 6.07) is 7.48. The summed E-state index contributed by atoms with van der Waals surface area (Å²) in [5, 5.41) is 17.0. The number of thioether (sulfide) groups is 1. The third kappa shape index (κ3) is 2.96. The highest BCUT2D eigenvalue weighted by atomic mass is 32.2. The van der Waals surface area contributed by atoms with Crippen molar-refractivity contribution in [2.45, 2.75) is 17.8 Å². The van der Waals surface area contributed by atoms with Gasteiger partial charge in [0.25, 0.3) is 0 Å². The molecule has 0 fully saturated rings. The Morgan fingerprint density at radius 1 is 1.14 bits per heavy atom. The second kappa shape index (κ2) is 6.18. The minimum Gasteiger partial charge on any atom is -0.497 e. The van der Waals surface area contributed by atoms with Gasteiger partial charge in [-0.05, 0) is 31.2 Å². The summed E-state index contributed by atoms with van der Waals surface area (Å²) in [5.74, 6) is 3.25. The molecule has 0 aliphatic heterocycles. The monoisotopic (exact) mass is 317 g/mol. The minimum atomic E-state index is 0.493. The highest BCUT2D eigenvalue weighted by Gasteiger charge is 2.11. The van der Waals surface area contributed by atoms with Gasteiger partial charge in [0.15, 0.2) is 5.16 Å². The lowest BCUT2D eigenvalue weighted by molar-refractivity contribution is 0.415. The molecule has 2 aromatic heterocycles. The quantitative estimate of drug-likeness (QED) is 0.669. The zero-order valence-electron chi connectivity index (χ0n) is 12.5. The number of benzene rings is 1. The van der Waals surface area contributed by atoms with E-state index in [2.05, 4.69) is 20.4 Å². The molecule has 7 nitrogen and oxygen atoms in total. The predicted octanol–water partition coefficient (Wildman–Crippen LogP) is 2.47. The van der Waals surface area contributed by atoms with E-state index in [4.69, 9.17) is 9.15 Å². The summed E-state index contributed by atoms with van der Waals surface area (Å²) in [5.41, 5.74) is 0.860. The summed E-state index contributed by atoms with van der Waals surface area (Å²) in [4.78, 5) is 0. The Morgan fingerprint density at radius 3 is 2.55 bits per heavy atom. The minimum absolute atomic E-state index is 0.493. The van der Waals surface area contributed by atoms with Crippen LogP contribution in [0.25, 0.3) is 11.5 Å². The van der Waals surface area contributed by atoms with Crippen LogP contribution < -0.4 is 4.74 Å². The largest absolute Gasteiger partial charge is 0.497 e. The fourth-order valence-corrected chi connectivity index (χ4v) is 2.60. The van der Waals surface area contributed by atoms with Gasteiger partial charge in [-0.15, -0.1) is 20.4 Å². The molecular formula is C14H15N5O2S. The number of aromatic nitrogens is 5. The Labute approximate surface area is 131 Å². The van der Waals surface area contributed by atoms with Crippen LogP contribution >= 0.6 is 11.8 Å². The van der Waals surface area contributed by atoms with Crippen LogP contribution in [0.1, 0.15) is 11.7 Å². The van der Waals surface area contributed by atoms with Gasteiger partial charge in [-0.2, -0.15) is 0 Å². The van der Waals surface area contributed by atoms with Gasteiger partial charge in [0.1, 0.15) is 11.6 Å². The number of aryl methyl sites for hydroxylation is 1. The number of nitrogens with zero attached hydrogens (tertiary/aromatic N) is 5. The summed E-state index contributed by atoms with van der Waals surface area (Å²) < 4.78 is 12.7. The standard InChI is InChI=1S/C14H15N5O2S/c1-9-15-18-14(19(9)2)22-8-12-16-17-13(21-12)10-4-6-11(20-3)7-5-10/h4-7H,8H2,1-3H3. The smallest absolute Gasteiger partial charge is 0.247 e. The van der Waals surface area contributed by atoms with Crippen molar-refractivity contribution in [1.82, 2.24) is 25.0 Å². The predicted molar refractivity (Wildman–Crippen MR) is 81.6 cm³/mol. The molecular weight excluding hydrogens is 302 g/mol. The second-order valence-corrected chi connectivity index (χ2v) is 5.55. The van der Waals surface area contributed by atoms with Crippen LogP contribution in [-0.4, -0.2) is 32.1 Å². The summed E-state index contributed by atoms with van der Waals surface area (Å²) in [6.45, 7) is 1.91. The van der Waals surface area contributed by atoms with E-state index in [9.17, 15) is 0 Å². The van der Waals surface area contributed by atoms with Crippen molar-refractivity contribution in [2.75, 3.05) is 7.11 Å². The van der Waals surface area contributed by atoms with Crippen molar-refractivity contribution in [3.63, 3.8) is 0 Å². The molecule has 8 heteroatoms. The first kappa shape index (κ1) is 14.6. The molecule has 0 aliphatic rings. The van der Waals surface area contributed by atoms with Gasteiger partial charge in [0.05, 0.1) is 12.9 Å². The maximum atomic E-state index is 5.67. The first-order valence-electron chi connectivity index (χ1n) is 6.63. The zero-order chi connectivity index (χ0) is 15.5. The zero-order valence-corrected chi connectivity index (χ0v) is 13.3. The van der Waals surface area contributed by atoms with Crippen LogP contribution in [0, 0.1) is 6.92 Å². The van der Waals surface area contributed by atoms with Gasteiger partial charge in [0, 0.05) is 12.6 Å². The van der Waals surface area contributed by atoms with Crippen LogP contribution in [0.5, 0.6) is 5.75 Å². The normalized spacial score (nSPS) is 10.9. The molecule has 0 bridgehead atoms. The molecule has 2 heterocycles. The van der Waals surface area contributed by atoms with Crippen LogP contribution in [0.2, 0.25) is 0 Å². The number of hydrogen-bond acceptors (Lipinski definition) is 7. The molecule has 0 spiro atoms. The highest BCUT2D eigenvalue weighted by Crippen LogP contribution is 2.24. The average Bonchev–Trinajstić information content (AvgIpc) is 3.14. The second-order valence-electron chi connectivity index (χ2n) is 4.61. The summed E-state index contributed by atoms with van der Waals surface area (Å²) in [7, 11) is 3.56. The number of rotatable bonds is 5. The van der Waals surface area contributed by atoms with E-state index in [-0.39, 0.29) is 0 Å². The van der Waals surface area contributed by atoms with Crippen LogP contribution in [0.15, 0.2) is 33.8 Å². The molecule has 0 saturated heterocycles. The first-order valence-corrected chi connectivity index (χ1v) is 7.61. The Hall–Kier alpha value is -2.35. The molecule has 0 unspecified atom stereocenters. The van der Waals surface area contributed by atoms with E-state index in [0.29, 0.717) is 17.5 Å².